The number of amides is 2. The second kappa shape index (κ2) is 9.68. The van der Waals surface area contributed by atoms with Crippen LogP contribution in [0.4, 0.5) is 11.4 Å². The summed E-state index contributed by atoms with van der Waals surface area (Å²) in [5.41, 5.74) is 1.39. The van der Waals surface area contributed by atoms with Crippen molar-refractivity contribution in [2.75, 3.05) is 24.4 Å². The molecule has 178 valence electrons. The Hall–Kier alpha value is -4.66. The lowest BCUT2D eigenvalue weighted by Gasteiger charge is -2.25. The minimum absolute atomic E-state index is 0.133. The van der Waals surface area contributed by atoms with Crippen LogP contribution in [0.5, 0.6) is 11.5 Å². The van der Waals surface area contributed by atoms with Crippen LogP contribution in [0.3, 0.4) is 0 Å². The maximum Gasteiger partial charge on any atom is 0.300 e. The van der Waals surface area contributed by atoms with Gasteiger partial charge in [-0.25, -0.2) is 0 Å². The van der Waals surface area contributed by atoms with Gasteiger partial charge in [0.15, 0.2) is 0 Å². The number of hydrogen-bond donors (Lipinski definition) is 2. The highest BCUT2D eigenvalue weighted by Gasteiger charge is 2.47. The molecular weight excluding hydrogens is 450 g/mol. The van der Waals surface area contributed by atoms with Crippen LogP contribution in [0.15, 0.2) is 72.4 Å². The van der Waals surface area contributed by atoms with Crippen LogP contribution in [-0.4, -0.2) is 41.9 Å². The Balaban J connectivity index is 1.90. The third-order valence-electron chi connectivity index (χ3n) is 5.54. The van der Waals surface area contributed by atoms with Crippen LogP contribution < -0.4 is 19.7 Å². The van der Waals surface area contributed by atoms with E-state index in [4.69, 9.17) is 9.47 Å². The van der Waals surface area contributed by atoms with Crippen molar-refractivity contribution >= 4 is 34.7 Å². The zero-order chi connectivity index (χ0) is 25.1. The number of ether oxygens (including phenoxy) is 2. The van der Waals surface area contributed by atoms with Crippen LogP contribution in [0.2, 0.25) is 0 Å². The maximum absolute atomic E-state index is 13.3. The molecule has 2 N–H and O–H groups in total. The van der Waals surface area contributed by atoms with Gasteiger partial charge in [-0.2, -0.15) is 0 Å². The first-order chi connectivity index (χ1) is 16.8. The quantitative estimate of drug-likeness (QED) is 0.318. The summed E-state index contributed by atoms with van der Waals surface area (Å²) < 4.78 is 10.6. The van der Waals surface area contributed by atoms with E-state index in [-0.39, 0.29) is 17.0 Å². The molecule has 2 amide bonds. The number of rotatable bonds is 6. The molecule has 0 saturated carbocycles. The van der Waals surface area contributed by atoms with Gasteiger partial charge in [0.2, 0.25) is 5.91 Å². The van der Waals surface area contributed by atoms with Crippen molar-refractivity contribution < 1.29 is 29.0 Å². The van der Waals surface area contributed by atoms with Gasteiger partial charge in [-0.05, 0) is 54.6 Å². The highest BCUT2D eigenvalue weighted by molar-refractivity contribution is 6.51. The number of Topliss-reactive ketones (excluding diaryl/α,β-unsaturated/α-hetero) is 1. The van der Waals surface area contributed by atoms with E-state index in [2.05, 4.69) is 10.3 Å². The molecule has 4 rings (SSSR count). The Bertz CT molecular complexity index is 1320. The van der Waals surface area contributed by atoms with Gasteiger partial charge in [-0.15, -0.1) is 0 Å². The fourth-order valence-electron chi connectivity index (χ4n) is 3.97. The average molecular weight is 473 g/mol. The summed E-state index contributed by atoms with van der Waals surface area (Å²) in [4.78, 5) is 43.5. The predicted molar refractivity (Wildman–Crippen MR) is 129 cm³/mol. The van der Waals surface area contributed by atoms with Gasteiger partial charge in [0.25, 0.3) is 11.7 Å². The van der Waals surface area contributed by atoms with Crippen LogP contribution in [0, 0.1) is 0 Å². The standard InChI is InChI=1S/C26H23N3O6/c1-15(30)28-16-7-9-17(10-8-16)29-23(20-6-4-5-13-27-20)22(25(32)26(29)33)24(31)19-14-18(34-2)11-12-21(19)35-3/h4-14,23,31H,1-3H3,(H,28,30)/b24-22+. The Morgan fingerprint density at radius 2 is 1.77 bits per heavy atom. The van der Waals surface area contributed by atoms with Gasteiger partial charge in [-0.1, -0.05) is 6.07 Å². The zero-order valence-corrected chi connectivity index (χ0v) is 19.3. The van der Waals surface area contributed by atoms with E-state index < -0.39 is 23.5 Å². The number of methoxy groups -OCH3 is 2. The molecule has 0 aliphatic carbocycles. The molecule has 0 radical (unpaired) electrons. The van der Waals surface area contributed by atoms with Crippen LogP contribution >= 0.6 is 0 Å². The molecule has 1 unspecified atom stereocenters. The highest BCUT2D eigenvalue weighted by atomic mass is 16.5. The van der Waals surface area contributed by atoms with E-state index in [1.54, 1.807) is 60.8 Å². The molecule has 1 fully saturated rings. The van der Waals surface area contributed by atoms with E-state index in [0.717, 1.165) is 0 Å². The second-order valence-corrected chi connectivity index (χ2v) is 7.72. The molecule has 3 aromatic rings. The molecule has 1 aliphatic rings. The molecule has 35 heavy (non-hydrogen) atoms. The summed E-state index contributed by atoms with van der Waals surface area (Å²) in [5, 5.41) is 14.0. The second-order valence-electron chi connectivity index (χ2n) is 7.72. The number of aromatic nitrogens is 1. The van der Waals surface area contributed by atoms with E-state index in [9.17, 15) is 19.5 Å². The topological polar surface area (TPSA) is 118 Å². The number of hydrogen-bond acceptors (Lipinski definition) is 7. The first-order valence-corrected chi connectivity index (χ1v) is 10.7. The molecule has 9 heteroatoms. The van der Waals surface area contributed by atoms with Crippen LogP contribution in [0.1, 0.15) is 24.2 Å². The van der Waals surface area contributed by atoms with Gasteiger partial charge in [0.1, 0.15) is 23.3 Å². The maximum atomic E-state index is 13.3. The number of nitrogens with one attached hydrogen (secondary N) is 1. The monoisotopic (exact) mass is 473 g/mol. The van der Waals surface area contributed by atoms with Crippen molar-refractivity contribution in [3.8, 4) is 11.5 Å². The highest BCUT2D eigenvalue weighted by Crippen LogP contribution is 2.43. The van der Waals surface area contributed by atoms with Crippen molar-refractivity contribution in [1.29, 1.82) is 0 Å². The molecule has 1 aliphatic heterocycles. The average Bonchev–Trinajstić information content (AvgIpc) is 3.14. The van der Waals surface area contributed by atoms with Gasteiger partial charge in [0, 0.05) is 24.5 Å². The molecule has 2 heterocycles. The van der Waals surface area contributed by atoms with Gasteiger partial charge in [-0.3, -0.25) is 24.3 Å². The van der Waals surface area contributed by atoms with Gasteiger partial charge in [0.05, 0.1) is 31.1 Å². The van der Waals surface area contributed by atoms with Crippen molar-refractivity contribution in [2.24, 2.45) is 0 Å². The molecule has 0 bridgehead atoms. The molecular formula is C26H23N3O6. The molecule has 1 atom stereocenters. The smallest absolute Gasteiger partial charge is 0.300 e. The molecule has 9 nitrogen and oxygen atoms in total. The fraction of sp³-hybridized carbons (Fsp3) is 0.154. The summed E-state index contributed by atoms with van der Waals surface area (Å²) in [6.07, 6.45) is 1.54. The predicted octanol–water partition coefficient (Wildman–Crippen LogP) is 3.68. The minimum atomic E-state index is -1.00. The number of aliphatic hydroxyl groups is 1. The van der Waals surface area contributed by atoms with Crippen molar-refractivity contribution in [3.63, 3.8) is 0 Å². The third kappa shape index (κ3) is 4.43. The number of anilines is 2. The lowest BCUT2D eigenvalue weighted by molar-refractivity contribution is -0.132. The Morgan fingerprint density at radius 3 is 2.37 bits per heavy atom. The first-order valence-electron chi connectivity index (χ1n) is 10.7. The number of carbonyl (C=O) groups is 3. The Kier molecular flexibility index (Phi) is 6.50. The number of benzene rings is 2. The van der Waals surface area contributed by atoms with Crippen molar-refractivity contribution in [3.05, 3.63) is 83.7 Å². The largest absolute Gasteiger partial charge is 0.507 e. The minimum Gasteiger partial charge on any atom is -0.507 e. The third-order valence-corrected chi connectivity index (χ3v) is 5.54. The summed E-state index contributed by atoms with van der Waals surface area (Å²) in [7, 11) is 2.91. The lowest BCUT2D eigenvalue weighted by Crippen LogP contribution is -2.29. The number of nitrogens with zero attached hydrogens (tertiary/aromatic N) is 2. The summed E-state index contributed by atoms with van der Waals surface area (Å²) >= 11 is 0. The van der Waals surface area contributed by atoms with Gasteiger partial charge >= 0.3 is 0 Å². The Morgan fingerprint density at radius 1 is 1.03 bits per heavy atom. The van der Waals surface area contributed by atoms with Crippen LogP contribution in [0.25, 0.3) is 5.76 Å². The summed E-state index contributed by atoms with van der Waals surface area (Å²) in [6, 6.07) is 15.4. The molecule has 1 aromatic heterocycles. The van der Waals surface area contributed by atoms with Crippen LogP contribution in [-0.2, 0) is 14.4 Å². The number of aliphatic hydroxyl groups excluding tert-OH is 1. The number of ketones is 1. The van der Waals surface area contributed by atoms with E-state index in [0.29, 0.717) is 28.6 Å². The Labute approximate surface area is 201 Å². The van der Waals surface area contributed by atoms with Crippen molar-refractivity contribution in [2.45, 2.75) is 13.0 Å². The first kappa shape index (κ1) is 23.5. The number of pyridine rings is 1. The van der Waals surface area contributed by atoms with E-state index >= 15 is 0 Å². The van der Waals surface area contributed by atoms with Crippen molar-refractivity contribution in [1.82, 2.24) is 4.98 Å². The fourth-order valence-corrected chi connectivity index (χ4v) is 3.97. The van der Waals surface area contributed by atoms with Gasteiger partial charge < -0.3 is 19.9 Å². The lowest BCUT2D eigenvalue weighted by atomic mass is 9.97. The molecule has 0 spiro atoms. The summed E-state index contributed by atoms with van der Waals surface area (Å²) in [5.74, 6) is -1.60. The SMILES string of the molecule is COc1ccc(OC)c(/C(O)=C2\C(=O)C(=O)N(c3ccc(NC(C)=O)cc3)C2c2ccccn2)c1. The zero-order valence-electron chi connectivity index (χ0n) is 19.3. The summed E-state index contributed by atoms with van der Waals surface area (Å²) in [6.45, 7) is 1.39. The van der Waals surface area contributed by atoms with E-state index in [1.165, 1.54) is 32.1 Å². The number of carbonyl (C=O) groups excluding carboxylic acids is 3. The normalized spacial score (nSPS) is 16.8. The van der Waals surface area contributed by atoms with E-state index in [1.807, 2.05) is 0 Å². The molecule has 2 aromatic carbocycles. The molecule has 1 saturated heterocycles.